The number of benzene rings is 2. The molecule has 2 aromatic rings. The van der Waals surface area contributed by atoms with Crippen LogP contribution in [0.1, 0.15) is 427 Å². The summed E-state index contributed by atoms with van der Waals surface area (Å²) in [6.45, 7) is 77.0. The van der Waals surface area contributed by atoms with Gasteiger partial charge in [-0.1, -0.05) is 183 Å². The molecule has 780 valence electrons. The molecule has 0 aliphatic heterocycles. The average molecular weight is 1890 g/mol. The summed E-state index contributed by atoms with van der Waals surface area (Å²) in [4.78, 5) is 144. The molecule has 26 nitrogen and oxygen atoms in total. The van der Waals surface area contributed by atoms with Gasteiger partial charge in [0.1, 0.15) is 0 Å². The van der Waals surface area contributed by atoms with Gasteiger partial charge in [-0.25, -0.2) is 0 Å². The molecule has 0 radical (unpaired) electrons. The highest BCUT2D eigenvalue weighted by Gasteiger charge is 2.30. The summed E-state index contributed by atoms with van der Waals surface area (Å²) in [5, 5.41) is 37.1. The molecular weight excluding hydrogens is 1690 g/mol. The van der Waals surface area contributed by atoms with Gasteiger partial charge < -0.3 is 69.1 Å². The van der Waals surface area contributed by atoms with Gasteiger partial charge in [-0.05, 0) is 273 Å². The van der Waals surface area contributed by atoms with E-state index in [1.807, 2.05) is 291 Å². The zero-order valence-electron chi connectivity index (χ0n) is 92.3. The Morgan fingerprint density at radius 2 is 0.597 bits per heavy atom. The molecule has 6 rings (SSSR count). The number of rotatable bonds is 30. The van der Waals surface area contributed by atoms with Gasteiger partial charge in [-0.2, -0.15) is 0 Å². The maximum atomic E-state index is 11.5. The van der Waals surface area contributed by atoms with Crippen LogP contribution in [-0.4, -0.2) is 155 Å². The summed E-state index contributed by atoms with van der Waals surface area (Å²) in [6.07, 6.45) is 22.9. The third-order valence-corrected chi connectivity index (χ3v) is 18.1. The van der Waals surface area contributed by atoms with Crippen molar-refractivity contribution < 1.29 is 62.3 Å². The Hall–Kier alpha value is -8.45. The van der Waals surface area contributed by atoms with Gasteiger partial charge in [0, 0.05) is 151 Å². The van der Waals surface area contributed by atoms with E-state index in [0.29, 0.717) is 97.8 Å². The van der Waals surface area contributed by atoms with Crippen LogP contribution in [0.15, 0.2) is 60.7 Å². The topological polar surface area (TPSA) is 378 Å². The van der Waals surface area contributed by atoms with Crippen LogP contribution < -0.4 is 69.1 Å². The predicted molar refractivity (Wildman–Crippen MR) is 560 cm³/mol. The van der Waals surface area contributed by atoms with Crippen LogP contribution in [0.4, 0.5) is 0 Å². The Labute approximate surface area is 818 Å². The third kappa shape index (κ3) is 101. The molecule has 4 saturated carbocycles. The first kappa shape index (κ1) is 139. The Morgan fingerprint density at radius 3 is 0.858 bits per heavy atom. The molecule has 0 heterocycles. The van der Waals surface area contributed by atoms with Crippen LogP contribution >= 0.6 is 0 Å². The lowest BCUT2D eigenvalue weighted by atomic mass is 9.85. The minimum Gasteiger partial charge on any atom is -0.354 e. The number of carbonyl (C=O) groups excluding carboxylic acids is 13. The lowest BCUT2D eigenvalue weighted by Crippen LogP contribution is -2.38. The van der Waals surface area contributed by atoms with E-state index < -0.39 is 0 Å². The van der Waals surface area contributed by atoms with Crippen molar-refractivity contribution in [1.29, 1.82) is 0 Å². The van der Waals surface area contributed by atoms with E-state index in [9.17, 15) is 62.3 Å². The second-order valence-corrected chi connectivity index (χ2v) is 42.1. The zero-order chi connectivity index (χ0) is 105. The second kappa shape index (κ2) is 82.8. The maximum absolute atomic E-state index is 11.5. The zero-order valence-corrected chi connectivity index (χ0v) is 92.3. The van der Waals surface area contributed by atoms with Crippen molar-refractivity contribution in [3.05, 3.63) is 71.8 Å². The van der Waals surface area contributed by atoms with E-state index in [1.165, 1.54) is 38.5 Å². The van der Waals surface area contributed by atoms with Crippen LogP contribution in [0.25, 0.3) is 0 Å². The summed E-state index contributed by atoms with van der Waals surface area (Å²) < 4.78 is 0. The maximum Gasteiger partial charge on any atom is 0.251 e. The Kier molecular flexibility index (Phi) is 85.6. The van der Waals surface area contributed by atoms with Crippen LogP contribution in [0, 0.1) is 46.3 Å². The SMILES string of the molecule is CC(C)CC(=O)NC(C)C.CC(C)NC(=O)C(C)(C)C.CC(C)NC(=O)C(C)C.CC(C)NC(=O)C1CC1.CC(C)NC(=O)C1CCC1.CC(C)NC(=O)C1CCCC1.CC(C)NC(=O)C1CCCCC1.CC(C)NC(=O)CC(C)(C)C.CC(C)NC(=O)Cc1ccccc1.CC(C)NC(=O)c1ccccc1.CCC(=O)NC(C)C.CCCC(=O)NC(C)C.CCCCC(=O)NC(C)C. The van der Waals surface area contributed by atoms with Crippen LogP contribution in [-0.2, 0) is 64.0 Å². The van der Waals surface area contributed by atoms with Crippen LogP contribution in [0.2, 0.25) is 0 Å². The highest BCUT2D eigenvalue weighted by molar-refractivity contribution is 5.94. The quantitative estimate of drug-likeness (QED) is 0.0346. The van der Waals surface area contributed by atoms with Gasteiger partial charge in [0.2, 0.25) is 70.9 Å². The van der Waals surface area contributed by atoms with Gasteiger partial charge >= 0.3 is 0 Å². The van der Waals surface area contributed by atoms with Gasteiger partial charge in [0.05, 0.1) is 6.42 Å². The van der Waals surface area contributed by atoms with Gasteiger partial charge in [-0.15, -0.1) is 0 Å². The molecule has 26 heteroatoms. The summed E-state index contributed by atoms with van der Waals surface area (Å²) in [7, 11) is 0. The number of amides is 13. The Morgan fingerprint density at radius 1 is 0.299 bits per heavy atom. The van der Waals surface area contributed by atoms with E-state index in [-0.39, 0.29) is 148 Å². The number of hydrogen-bond donors (Lipinski definition) is 13. The minimum atomic E-state index is -0.260. The van der Waals surface area contributed by atoms with Crippen molar-refractivity contribution in [1.82, 2.24) is 69.1 Å². The molecule has 0 bridgehead atoms. The summed E-state index contributed by atoms with van der Waals surface area (Å²) >= 11 is 0. The molecule has 13 amide bonds. The largest absolute Gasteiger partial charge is 0.354 e. The fourth-order valence-corrected chi connectivity index (χ4v) is 11.6. The first-order chi connectivity index (χ1) is 61.9. The first-order valence-electron chi connectivity index (χ1n) is 50.9. The fraction of sp³-hybridized carbons (Fsp3) is 0.769. The normalized spacial score (nSPS) is 13.1. The van der Waals surface area contributed by atoms with Crippen molar-refractivity contribution >= 4 is 76.8 Å². The van der Waals surface area contributed by atoms with E-state index in [0.717, 1.165) is 76.2 Å². The molecule has 4 fully saturated rings. The number of nitrogens with one attached hydrogen (secondary N) is 13. The number of carbonyl (C=O) groups is 13. The van der Waals surface area contributed by atoms with E-state index in [4.69, 9.17) is 0 Å². The van der Waals surface area contributed by atoms with Crippen LogP contribution in [0.3, 0.4) is 0 Å². The smallest absolute Gasteiger partial charge is 0.251 e. The Balaban J connectivity index is -0.000000261. The molecular formula is C108H205N13O13. The van der Waals surface area contributed by atoms with Crippen molar-refractivity contribution in [3.63, 3.8) is 0 Å². The lowest BCUT2D eigenvalue weighted by molar-refractivity contribution is -0.129. The highest BCUT2D eigenvalue weighted by Crippen LogP contribution is 2.29. The second-order valence-electron chi connectivity index (χ2n) is 42.1. The molecule has 2 aromatic carbocycles. The fourth-order valence-electron chi connectivity index (χ4n) is 11.6. The summed E-state index contributed by atoms with van der Waals surface area (Å²) in [6, 6.07) is 22.4. The molecule has 0 spiro atoms. The molecule has 0 unspecified atom stereocenters. The molecule has 13 N–H and O–H groups in total. The van der Waals surface area contributed by atoms with Gasteiger partial charge in [-0.3, -0.25) is 62.3 Å². The minimum absolute atomic E-state index is 0.00870. The van der Waals surface area contributed by atoms with Crippen molar-refractivity contribution in [2.45, 2.75) is 496 Å². The molecule has 134 heavy (non-hydrogen) atoms. The third-order valence-electron chi connectivity index (χ3n) is 18.1. The standard InChI is InChI=1S/C11H15NO.C10H19NO.C10H13NO.C9H17NO.C9H19NO.C8H15NO.3C8H17NO.C7H13NO.2C7H15NO.C6H13NO/c1-9(2)12-11(13)8-10-6-4-3-5-7-10;2*1-8(2)11-10(12)9-6-4-3-5-7-9;1-7(2)10-9(11)8-5-3-4-6-8;1-7(2)10-8(11)6-9(3,4)5;1-6(2)9-8(10)7-4-3-5-7;1-6(2)9-7(10)8(3,4)5;1-6(2)5-8(10)9-7(3)4;1-4-5-6-8(10)9-7(2)3;1-5(2)8-7(9)6-3-4-6;1-5(2)7(9)8-6(3)4;1-4-5-7(9)8-6(2)3;1-4-6(8)7-5(2)3/h3-7,9H,8H2,1-2H3,(H,12,13);8-9H,3-7H2,1-2H3,(H,11,12);3-8H,1-2H3,(H,11,12);7-8H,3-6H2,1-2H3,(H,10,11);7H,6H2,1-5H3,(H,10,11);6-7H,3-5H2,1-2H3,(H,9,10);6H,1-5H3,(H,9,10);6-7H,5H2,1-4H3,(H,9,10);7H,4-6H2,1-3H3,(H,9,10);5-6H,3-4H2,1-2H3,(H,8,9);5-6H,1-4H3,(H,8,9);6H,4-5H2,1-3H3,(H,8,9);5H,4H2,1-3H3,(H,7,8). The predicted octanol–water partition coefficient (Wildman–Crippen LogP) is 19.8. The average Bonchev–Trinajstić information content (AvgIpc) is 1.56. The van der Waals surface area contributed by atoms with Crippen molar-refractivity contribution in [3.8, 4) is 0 Å². The molecule has 0 atom stereocenters. The van der Waals surface area contributed by atoms with Crippen molar-refractivity contribution in [2.75, 3.05) is 0 Å². The number of hydrogen-bond acceptors (Lipinski definition) is 13. The Bertz CT molecular complexity index is 3340. The summed E-state index contributed by atoms with van der Waals surface area (Å²) in [5.74, 6) is 3.98. The van der Waals surface area contributed by atoms with Gasteiger partial charge in [0.15, 0.2) is 0 Å². The van der Waals surface area contributed by atoms with Gasteiger partial charge in [0.25, 0.3) is 5.91 Å². The molecule has 4 aliphatic rings. The van der Waals surface area contributed by atoms with Crippen molar-refractivity contribution in [2.24, 2.45) is 46.3 Å². The van der Waals surface area contributed by atoms with E-state index >= 15 is 0 Å². The number of unbranched alkanes of at least 4 members (excludes halogenated alkanes) is 1. The van der Waals surface area contributed by atoms with E-state index in [2.05, 4.69) is 96.8 Å². The van der Waals surface area contributed by atoms with E-state index in [1.54, 1.807) is 12.1 Å². The van der Waals surface area contributed by atoms with Crippen LogP contribution in [0.5, 0.6) is 0 Å². The monoisotopic (exact) mass is 1890 g/mol. The highest BCUT2D eigenvalue weighted by atomic mass is 16.2. The molecule has 0 aromatic heterocycles. The molecule has 4 aliphatic carbocycles. The molecule has 0 saturated heterocycles. The first-order valence-corrected chi connectivity index (χ1v) is 50.9. The summed E-state index contributed by atoms with van der Waals surface area (Å²) in [5.41, 5.74) is 1.61. The lowest BCUT2D eigenvalue weighted by Gasteiger charge is -2.25.